The lowest BCUT2D eigenvalue weighted by Crippen LogP contribution is -2.10. The van der Waals surface area contributed by atoms with Crippen molar-refractivity contribution in [3.63, 3.8) is 0 Å². The number of hydrogen-bond acceptors (Lipinski definition) is 6. The second-order valence-electron chi connectivity index (χ2n) is 6.85. The fourth-order valence-electron chi connectivity index (χ4n) is 2.97. The van der Waals surface area contributed by atoms with Crippen molar-refractivity contribution in [1.29, 1.82) is 5.41 Å². The molecule has 0 fully saturated rings. The van der Waals surface area contributed by atoms with Crippen LogP contribution in [0.15, 0.2) is 59.1 Å². The second kappa shape index (κ2) is 8.17. The van der Waals surface area contributed by atoms with Crippen molar-refractivity contribution in [3.05, 3.63) is 71.5 Å². The Morgan fingerprint density at radius 2 is 1.84 bits per heavy atom. The largest absolute Gasteiger partial charge is 0.487 e. The molecule has 2 aromatic heterocycles. The first-order valence-corrected chi connectivity index (χ1v) is 9.32. The average Bonchev–Trinajstić information content (AvgIpc) is 3.39. The first-order chi connectivity index (χ1) is 15.2. The Labute approximate surface area is 180 Å². The first-order valence-electron chi connectivity index (χ1n) is 9.32. The lowest BCUT2D eigenvalue weighted by atomic mass is 10.1. The molecule has 0 radical (unpaired) electrons. The Morgan fingerprint density at radius 1 is 1.12 bits per heavy atom. The van der Waals surface area contributed by atoms with E-state index in [0.717, 1.165) is 12.1 Å². The number of ether oxygens (including phenoxy) is 1. The van der Waals surface area contributed by atoms with E-state index in [2.05, 4.69) is 15.3 Å². The molecule has 32 heavy (non-hydrogen) atoms. The minimum absolute atomic E-state index is 0.0226. The minimum atomic E-state index is -4.41. The number of benzene rings is 2. The highest BCUT2D eigenvalue weighted by Crippen LogP contribution is 2.31. The standard InChI is InChI=1S/C21H17F3N6O2/c1-30-17(11-31-15-7-5-14(6-8-15)21(22,23)24)16(10-27-30)20-29-28-19(32-20)13-4-2-3-12(9-13)18(25)26/h2-10H,11H2,1H3,(H3,25,26). The van der Waals surface area contributed by atoms with Crippen molar-refractivity contribution in [2.45, 2.75) is 12.8 Å². The molecule has 2 heterocycles. The Hall–Kier alpha value is -4.15. The molecule has 0 aliphatic rings. The third-order valence-electron chi connectivity index (χ3n) is 4.69. The van der Waals surface area contributed by atoms with Gasteiger partial charge < -0.3 is 14.9 Å². The van der Waals surface area contributed by atoms with E-state index in [4.69, 9.17) is 20.3 Å². The molecule has 0 saturated heterocycles. The summed E-state index contributed by atoms with van der Waals surface area (Å²) >= 11 is 0. The Morgan fingerprint density at radius 3 is 2.53 bits per heavy atom. The van der Waals surface area contributed by atoms with Crippen molar-refractivity contribution >= 4 is 5.84 Å². The van der Waals surface area contributed by atoms with E-state index in [9.17, 15) is 13.2 Å². The molecule has 2 aromatic carbocycles. The van der Waals surface area contributed by atoms with Gasteiger partial charge in [0, 0.05) is 18.2 Å². The maximum Gasteiger partial charge on any atom is 0.416 e. The molecule has 0 unspecified atom stereocenters. The highest BCUT2D eigenvalue weighted by Gasteiger charge is 2.30. The van der Waals surface area contributed by atoms with Crippen LogP contribution in [0.1, 0.15) is 16.8 Å². The third-order valence-corrected chi connectivity index (χ3v) is 4.69. The van der Waals surface area contributed by atoms with Gasteiger partial charge in [-0.05, 0) is 36.4 Å². The Balaban J connectivity index is 1.55. The molecule has 0 atom stereocenters. The summed E-state index contributed by atoms with van der Waals surface area (Å²) in [4.78, 5) is 0. The van der Waals surface area contributed by atoms with Crippen LogP contribution in [0, 0.1) is 5.41 Å². The van der Waals surface area contributed by atoms with Crippen molar-refractivity contribution in [3.8, 4) is 28.7 Å². The number of halogens is 3. The molecule has 0 saturated carbocycles. The van der Waals surface area contributed by atoms with E-state index in [1.807, 2.05) is 0 Å². The average molecular weight is 442 g/mol. The topological polar surface area (TPSA) is 116 Å². The molecule has 8 nitrogen and oxygen atoms in total. The van der Waals surface area contributed by atoms with Gasteiger partial charge in [0.25, 0.3) is 5.89 Å². The van der Waals surface area contributed by atoms with Gasteiger partial charge in [0.1, 0.15) is 18.2 Å². The van der Waals surface area contributed by atoms with Crippen LogP contribution in [0.25, 0.3) is 22.9 Å². The first kappa shape index (κ1) is 21.1. The predicted octanol–water partition coefficient (Wildman–Crippen LogP) is 4.02. The van der Waals surface area contributed by atoms with Crippen LogP contribution in [-0.4, -0.2) is 25.8 Å². The number of aryl methyl sites for hydroxylation is 1. The number of hydrogen-bond donors (Lipinski definition) is 2. The number of aromatic nitrogens is 4. The number of nitrogens with two attached hydrogens (primary N) is 1. The maximum atomic E-state index is 12.7. The molecule has 0 bridgehead atoms. The summed E-state index contributed by atoms with van der Waals surface area (Å²) in [5.74, 6) is 0.632. The van der Waals surface area contributed by atoms with Gasteiger partial charge in [-0.25, -0.2) is 0 Å². The molecule has 0 aliphatic heterocycles. The summed E-state index contributed by atoms with van der Waals surface area (Å²) in [6.07, 6.45) is -2.87. The fraction of sp³-hybridized carbons (Fsp3) is 0.143. The molecule has 4 rings (SSSR count). The van der Waals surface area contributed by atoms with Gasteiger partial charge in [0.2, 0.25) is 5.89 Å². The molecule has 0 amide bonds. The van der Waals surface area contributed by atoms with Gasteiger partial charge in [-0.2, -0.15) is 18.3 Å². The lowest BCUT2D eigenvalue weighted by molar-refractivity contribution is -0.137. The zero-order valence-corrected chi connectivity index (χ0v) is 16.7. The Kier molecular flexibility index (Phi) is 5.39. The fourth-order valence-corrected chi connectivity index (χ4v) is 2.97. The molecular weight excluding hydrogens is 425 g/mol. The van der Waals surface area contributed by atoms with E-state index in [1.54, 1.807) is 36.0 Å². The van der Waals surface area contributed by atoms with Crippen LogP contribution in [0.2, 0.25) is 0 Å². The highest BCUT2D eigenvalue weighted by atomic mass is 19.4. The molecule has 3 N–H and O–H groups in total. The van der Waals surface area contributed by atoms with E-state index < -0.39 is 11.7 Å². The summed E-state index contributed by atoms with van der Waals surface area (Å²) in [6, 6.07) is 11.3. The summed E-state index contributed by atoms with van der Waals surface area (Å²) in [7, 11) is 1.70. The van der Waals surface area contributed by atoms with Crippen LogP contribution in [0.4, 0.5) is 13.2 Å². The smallest absolute Gasteiger partial charge is 0.416 e. The molecule has 4 aromatic rings. The van der Waals surface area contributed by atoms with Crippen LogP contribution >= 0.6 is 0 Å². The normalized spacial score (nSPS) is 11.5. The molecular formula is C21H17F3N6O2. The molecule has 0 aliphatic carbocycles. The van der Waals surface area contributed by atoms with Crippen molar-refractivity contribution in [2.24, 2.45) is 12.8 Å². The predicted molar refractivity (Wildman–Crippen MR) is 109 cm³/mol. The van der Waals surface area contributed by atoms with Gasteiger partial charge >= 0.3 is 6.18 Å². The molecule has 0 spiro atoms. The van der Waals surface area contributed by atoms with Crippen molar-refractivity contribution in [1.82, 2.24) is 20.0 Å². The van der Waals surface area contributed by atoms with Crippen LogP contribution in [0.5, 0.6) is 5.75 Å². The molecule has 164 valence electrons. The van der Waals surface area contributed by atoms with E-state index in [-0.39, 0.29) is 30.0 Å². The number of amidine groups is 1. The maximum absolute atomic E-state index is 12.7. The van der Waals surface area contributed by atoms with Crippen molar-refractivity contribution in [2.75, 3.05) is 0 Å². The zero-order chi connectivity index (χ0) is 22.9. The zero-order valence-electron chi connectivity index (χ0n) is 16.7. The summed E-state index contributed by atoms with van der Waals surface area (Å²) in [5.41, 5.74) is 7.02. The Bertz CT molecular complexity index is 1260. The van der Waals surface area contributed by atoms with E-state index in [1.165, 1.54) is 18.3 Å². The highest BCUT2D eigenvalue weighted by molar-refractivity contribution is 5.95. The quantitative estimate of drug-likeness (QED) is 0.344. The minimum Gasteiger partial charge on any atom is -0.487 e. The second-order valence-corrected chi connectivity index (χ2v) is 6.85. The SMILES string of the molecule is Cn1ncc(-c2nnc(-c3cccc(C(=N)N)c3)o2)c1COc1ccc(C(F)(F)F)cc1. The summed E-state index contributed by atoms with van der Waals surface area (Å²) in [6.45, 7) is 0.0226. The van der Waals surface area contributed by atoms with E-state index in [0.29, 0.717) is 22.4 Å². The van der Waals surface area contributed by atoms with Crippen LogP contribution in [0.3, 0.4) is 0 Å². The number of alkyl halides is 3. The van der Waals surface area contributed by atoms with Crippen LogP contribution < -0.4 is 10.5 Å². The molecule has 11 heteroatoms. The number of nitrogens with zero attached hydrogens (tertiary/aromatic N) is 4. The number of nitrogens with one attached hydrogen (secondary N) is 1. The summed E-state index contributed by atoms with van der Waals surface area (Å²) in [5, 5.41) is 19.9. The van der Waals surface area contributed by atoms with E-state index >= 15 is 0 Å². The lowest BCUT2D eigenvalue weighted by Gasteiger charge is -2.10. The third kappa shape index (κ3) is 4.31. The summed E-state index contributed by atoms with van der Waals surface area (Å²) < 4.78 is 51.1. The van der Waals surface area contributed by atoms with Crippen molar-refractivity contribution < 1.29 is 22.3 Å². The monoisotopic (exact) mass is 442 g/mol. The number of rotatable bonds is 6. The van der Waals surface area contributed by atoms with Gasteiger partial charge in [-0.3, -0.25) is 10.1 Å². The van der Waals surface area contributed by atoms with Gasteiger partial charge in [-0.15, -0.1) is 10.2 Å². The van der Waals surface area contributed by atoms with Gasteiger partial charge in [0.05, 0.1) is 23.0 Å². The van der Waals surface area contributed by atoms with Gasteiger partial charge in [0.15, 0.2) is 0 Å². The van der Waals surface area contributed by atoms with Crippen LogP contribution in [-0.2, 0) is 19.8 Å². The number of nitrogen functional groups attached to an aromatic ring is 1. The van der Waals surface area contributed by atoms with Gasteiger partial charge in [-0.1, -0.05) is 12.1 Å².